The van der Waals surface area contributed by atoms with E-state index in [-0.39, 0.29) is 30.4 Å². The summed E-state index contributed by atoms with van der Waals surface area (Å²) in [7, 11) is -0.483. The third-order valence-corrected chi connectivity index (χ3v) is 10.4. The summed E-state index contributed by atoms with van der Waals surface area (Å²) in [5.74, 6) is 1.06. The number of benzene rings is 4. The maximum Gasteiger partial charge on any atom is 0.261 e. The molecule has 2 amide bonds. The van der Waals surface area contributed by atoms with Crippen LogP contribution in [-0.2, 0) is 43.7 Å². The lowest BCUT2D eigenvalue weighted by Gasteiger charge is -2.31. The maximum atomic E-state index is 14.0. The van der Waals surface area contributed by atoms with Gasteiger partial charge in [-0.05, 0) is 71.6 Å². The number of morpholine rings is 1. The van der Waals surface area contributed by atoms with E-state index in [0.29, 0.717) is 50.8 Å². The van der Waals surface area contributed by atoms with Crippen molar-refractivity contribution in [3.63, 3.8) is 0 Å². The number of ether oxygens (including phenoxy) is 4. The number of sulfonamides is 1. The Hall–Kier alpha value is -4.91. The summed E-state index contributed by atoms with van der Waals surface area (Å²) in [6.45, 7) is 1.43. The van der Waals surface area contributed by atoms with E-state index in [1.54, 1.807) is 14.2 Å². The van der Waals surface area contributed by atoms with Gasteiger partial charge in [0.05, 0.1) is 32.3 Å². The minimum Gasteiger partial charge on any atom is -0.497 e. The molecule has 0 aliphatic carbocycles. The summed E-state index contributed by atoms with van der Waals surface area (Å²) >= 11 is 0. The van der Waals surface area contributed by atoms with Gasteiger partial charge in [0.1, 0.15) is 23.3 Å². The Morgan fingerprint density at radius 2 is 1.36 bits per heavy atom. The van der Waals surface area contributed by atoms with Crippen LogP contribution in [0.15, 0.2) is 108 Å². The third-order valence-electron chi connectivity index (χ3n) is 8.45. The van der Waals surface area contributed by atoms with Gasteiger partial charge in [-0.3, -0.25) is 9.59 Å². The molecule has 1 atom stereocenters. The summed E-state index contributed by atoms with van der Waals surface area (Å²) < 4.78 is 49.2. The highest BCUT2D eigenvalue weighted by Gasteiger charge is 2.31. The number of amides is 2. The monoisotopic (exact) mass is 701 g/mol. The highest BCUT2D eigenvalue weighted by molar-refractivity contribution is 7.89. The van der Waals surface area contributed by atoms with E-state index in [1.807, 2.05) is 78.9 Å². The van der Waals surface area contributed by atoms with Crippen molar-refractivity contribution in [1.29, 1.82) is 0 Å². The molecule has 0 aromatic heterocycles. The highest BCUT2D eigenvalue weighted by Crippen LogP contribution is 2.22. The molecule has 1 N–H and O–H groups in total. The molecule has 1 aliphatic rings. The van der Waals surface area contributed by atoms with Crippen molar-refractivity contribution in [2.75, 3.05) is 53.7 Å². The van der Waals surface area contributed by atoms with Gasteiger partial charge in [0.25, 0.3) is 5.91 Å². The Kier molecular flexibility index (Phi) is 12.8. The average molecular weight is 702 g/mol. The molecule has 50 heavy (non-hydrogen) atoms. The first-order chi connectivity index (χ1) is 24.3. The normalized spacial score (nSPS) is 14.0. The molecular formula is C38H43N3O8S. The van der Waals surface area contributed by atoms with Crippen LogP contribution >= 0.6 is 0 Å². The molecule has 0 bridgehead atoms. The Labute approximate surface area is 293 Å². The van der Waals surface area contributed by atoms with E-state index in [9.17, 15) is 18.0 Å². The molecule has 4 aromatic rings. The quantitative estimate of drug-likeness (QED) is 0.185. The van der Waals surface area contributed by atoms with Gasteiger partial charge in [-0.2, -0.15) is 4.31 Å². The smallest absolute Gasteiger partial charge is 0.261 e. The zero-order valence-corrected chi connectivity index (χ0v) is 29.1. The Balaban J connectivity index is 1.34. The predicted molar refractivity (Wildman–Crippen MR) is 189 cm³/mol. The van der Waals surface area contributed by atoms with Crippen molar-refractivity contribution in [3.05, 3.63) is 120 Å². The van der Waals surface area contributed by atoms with Crippen molar-refractivity contribution in [2.45, 2.75) is 30.3 Å². The Bertz CT molecular complexity index is 1780. The number of rotatable bonds is 16. The van der Waals surface area contributed by atoms with Gasteiger partial charge in [0.2, 0.25) is 15.9 Å². The molecule has 12 heteroatoms. The van der Waals surface area contributed by atoms with E-state index < -0.39 is 22.0 Å². The molecule has 0 unspecified atom stereocenters. The molecule has 1 fully saturated rings. The first-order valence-corrected chi connectivity index (χ1v) is 17.9. The summed E-state index contributed by atoms with van der Waals surface area (Å²) in [6.07, 6.45) is 0.881. The SMILES string of the molecule is COc1ccc(CCNC(=O)[C@H](Cc2ccccc2)N(Cc2ccc(OC)cc2)C(=O)COc2ccc(S(=O)(=O)N3CCOCC3)cc2)cc1. The predicted octanol–water partition coefficient (Wildman–Crippen LogP) is 4.10. The molecule has 11 nitrogen and oxygen atoms in total. The van der Waals surface area contributed by atoms with Crippen molar-refractivity contribution in [3.8, 4) is 17.2 Å². The second kappa shape index (κ2) is 17.7. The van der Waals surface area contributed by atoms with Gasteiger partial charge in [-0.25, -0.2) is 8.42 Å². The standard InChI is InChI=1S/C38H43N3O8S/c1-46-32-12-8-29(9-13-32)20-21-39-38(43)36(26-30-6-4-3-5-7-30)41(27-31-10-14-33(47-2)15-11-31)37(42)28-49-34-16-18-35(19-17-34)50(44,45)40-22-24-48-25-23-40/h3-19,36H,20-28H2,1-2H3,(H,39,43)/t36-/m0/s1. The number of carbonyl (C=O) groups excluding carboxylic acids is 2. The average Bonchev–Trinajstić information content (AvgIpc) is 3.16. The van der Waals surface area contributed by atoms with Crippen LogP contribution in [0.2, 0.25) is 0 Å². The molecule has 5 rings (SSSR count). The number of nitrogens with one attached hydrogen (secondary N) is 1. The molecule has 0 saturated carbocycles. The lowest BCUT2D eigenvalue weighted by atomic mass is 10.0. The number of hydrogen-bond donors (Lipinski definition) is 1. The van der Waals surface area contributed by atoms with Gasteiger partial charge in [0, 0.05) is 32.6 Å². The summed E-state index contributed by atoms with van der Waals surface area (Å²) in [5.41, 5.74) is 2.74. The zero-order valence-electron chi connectivity index (χ0n) is 28.3. The number of nitrogens with zero attached hydrogens (tertiary/aromatic N) is 2. The first kappa shape index (κ1) is 36.4. The van der Waals surface area contributed by atoms with Gasteiger partial charge < -0.3 is 29.2 Å². The lowest BCUT2D eigenvalue weighted by molar-refractivity contribution is -0.142. The molecule has 1 heterocycles. The van der Waals surface area contributed by atoms with Gasteiger partial charge in [0.15, 0.2) is 6.61 Å². The third kappa shape index (κ3) is 9.84. The summed E-state index contributed by atoms with van der Waals surface area (Å²) in [6, 6.07) is 29.7. The molecule has 0 spiro atoms. The fourth-order valence-corrected chi connectivity index (χ4v) is 7.00. The second-order valence-electron chi connectivity index (χ2n) is 11.7. The van der Waals surface area contributed by atoms with Crippen molar-refractivity contribution in [2.24, 2.45) is 0 Å². The van der Waals surface area contributed by atoms with Crippen LogP contribution in [0.5, 0.6) is 17.2 Å². The maximum absolute atomic E-state index is 14.0. The van der Waals surface area contributed by atoms with E-state index >= 15 is 0 Å². The minimum atomic E-state index is -3.68. The Morgan fingerprint density at radius 3 is 1.96 bits per heavy atom. The Morgan fingerprint density at radius 1 is 0.780 bits per heavy atom. The molecule has 1 aliphatic heterocycles. The van der Waals surface area contributed by atoms with E-state index in [2.05, 4.69) is 5.32 Å². The van der Waals surface area contributed by atoms with Gasteiger partial charge in [-0.1, -0.05) is 54.6 Å². The van der Waals surface area contributed by atoms with Crippen LogP contribution in [-0.4, -0.2) is 89.2 Å². The molecular weight excluding hydrogens is 658 g/mol. The fraction of sp³-hybridized carbons (Fsp3) is 0.316. The highest BCUT2D eigenvalue weighted by atomic mass is 32.2. The molecule has 1 saturated heterocycles. The number of hydrogen-bond acceptors (Lipinski definition) is 8. The van der Waals surface area contributed by atoms with Crippen LogP contribution < -0.4 is 19.5 Å². The van der Waals surface area contributed by atoms with Crippen LogP contribution in [0.3, 0.4) is 0 Å². The van der Waals surface area contributed by atoms with Crippen LogP contribution in [0, 0.1) is 0 Å². The fourth-order valence-electron chi connectivity index (χ4n) is 5.59. The van der Waals surface area contributed by atoms with Crippen LogP contribution in [0.1, 0.15) is 16.7 Å². The zero-order chi connectivity index (χ0) is 35.3. The van der Waals surface area contributed by atoms with Gasteiger partial charge >= 0.3 is 0 Å². The number of carbonyl (C=O) groups is 2. The molecule has 264 valence electrons. The van der Waals surface area contributed by atoms with Gasteiger partial charge in [-0.15, -0.1) is 0 Å². The van der Waals surface area contributed by atoms with Crippen LogP contribution in [0.4, 0.5) is 0 Å². The van der Waals surface area contributed by atoms with E-state index in [4.69, 9.17) is 18.9 Å². The number of methoxy groups -OCH3 is 2. The molecule has 0 radical (unpaired) electrons. The molecule has 4 aromatic carbocycles. The van der Waals surface area contributed by atoms with E-state index in [1.165, 1.54) is 33.5 Å². The topological polar surface area (TPSA) is 124 Å². The van der Waals surface area contributed by atoms with Crippen molar-refractivity contribution >= 4 is 21.8 Å². The largest absolute Gasteiger partial charge is 0.497 e. The van der Waals surface area contributed by atoms with Crippen LogP contribution in [0.25, 0.3) is 0 Å². The summed E-state index contributed by atoms with van der Waals surface area (Å²) in [5, 5.41) is 3.05. The minimum absolute atomic E-state index is 0.133. The summed E-state index contributed by atoms with van der Waals surface area (Å²) in [4.78, 5) is 29.7. The first-order valence-electron chi connectivity index (χ1n) is 16.4. The lowest BCUT2D eigenvalue weighted by Crippen LogP contribution is -2.52. The van der Waals surface area contributed by atoms with Crippen molar-refractivity contribution < 1.29 is 37.0 Å². The second-order valence-corrected chi connectivity index (χ2v) is 13.7. The van der Waals surface area contributed by atoms with Crippen molar-refractivity contribution in [1.82, 2.24) is 14.5 Å². The van der Waals surface area contributed by atoms with E-state index in [0.717, 1.165) is 22.4 Å².